The van der Waals surface area contributed by atoms with Crippen LogP contribution in [0.5, 0.6) is 0 Å². The van der Waals surface area contributed by atoms with Crippen molar-refractivity contribution in [3.63, 3.8) is 0 Å². The predicted molar refractivity (Wildman–Crippen MR) is 111 cm³/mol. The topological polar surface area (TPSA) is 71.7 Å². The van der Waals surface area contributed by atoms with E-state index in [1.807, 2.05) is 42.6 Å². The Balaban J connectivity index is 1.43. The molecule has 3 aromatic rings. The molecule has 29 heavy (non-hydrogen) atoms. The van der Waals surface area contributed by atoms with Crippen LogP contribution in [-0.2, 0) is 17.8 Å². The molecule has 1 aliphatic rings. The van der Waals surface area contributed by atoms with Gasteiger partial charge in [0.15, 0.2) is 0 Å². The molecule has 1 saturated heterocycles. The number of thiophene rings is 1. The molecule has 0 atom stereocenters. The van der Waals surface area contributed by atoms with E-state index < -0.39 is 0 Å². The molecule has 1 fully saturated rings. The molecule has 1 aromatic carbocycles. The minimum atomic E-state index is -0.0350. The molecule has 1 aliphatic heterocycles. The maximum absolute atomic E-state index is 13.1. The van der Waals surface area contributed by atoms with Crippen LogP contribution < -0.4 is 0 Å². The molecular formula is C21H24N4O3S. The van der Waals surface area contributed by atoms with Crippen molar-refractivity contribution in [2.75, 3.05) is 32.8 Å². The van der Waals surface area contributed by atoms with E-state index in [0.717, 1.165) is 43.3 Å². The second-order valence-electron chi connectivity index (χ2n) is 6.90. The summed E-state index contributed by atoms with van der Waals surface area (Å²) in [6.45, 7) is 6.99. The predicted octanol–water partition coefficient (Wildman–Crippen LogP) is 3.29. The molecule has 3 heterocycles. The zero-order valence-corrected chi connectivity index (χ0v) is 17.2. The van der Waals surface area contributed by atoms with Crippen LogP contribution in [0.4, 0.5) is 0 Å². The summed E-state index contributed by atoms with van der Waals surface area (Å²) in [7, 11) is 0. The van der Waals surface area contributed by atoms with E-state index in [0.29, 0.717) is 30.4 Å². The van der Waals surface area contributed by atoms with Crippen molar-refractivity contribution in [1.29, 1.82) is 0 Å². The summed E-state index contributed by atoms with van der Waals surface area (Å²) >= 11 is 1.56. The molecular weight excluding hydrogens is 388 g/mol. The summed E-state index contributed by atoms with van der Waals surface area (Å²) < 4.78 is 10.8. The van der Waals surface area contributed by atoms with Crippen LogP contribution in [0, 0.1) is 0 Å². The van der Waals surface area contributed by atoms with E-state index in [1.165, 1.54) is 0 Å². The van der Waals surface area contributed by atoms with Gasteiger partial charge in [-0.2, -0.15) is 4.98 Å². The van der Waals surface area contributed by atoms with Gasteiger partial charge in [-0.15, -0.1) is 11.3 Å². The van der Waals surface area contributed by atoms with Crippen molar-refractivity contribution >= 4 is 17.2 Å². The summed E-state index contributed by atoms with van der Waals surface area (Å²) in [4.78, 5) is 22.5. The molecule has 152 valence electrons. The highest BCUT2D eigenvalue weighted by atomic mass is 32.1. The van der Waals surface area contributed by atoms with Gasteiger partial charge in [0.1, 0.15) is 6.54 Å². The molecule has 0 unspecified atom stereocenters. The standard InChI is InChI=1S/C21H24N4O3S/c1-2-25(15-19-22-20(23-28-19)18-7-4-12-29-18)21(26)17-6-3-5-16(13-17)14-24-8-10-27-11-9-24/h3-7,12-13H,2,8-11,14-15H2,1H3. The third kappa shape index (κ3) is 4.90. The number of amides is 1. The first kappa shape index (κ1) is 19.8. The number of rotatable bonds is 7. The molecule has 0 saturated carbocycles. The van der Waals surface area contributed by atoms with Gasteiger partial charge in [0.25, 0.3) is 5.91 Å². The summed E-state index contributed by atoms with van der Waals surface area (Å²) in [5, 5.41) is 6.00. The first-order chi connectivity index (χ1) is 14.2. The van der Waals surface area contributed by atoms with Crippen molar-refractivity contribution < 1.29 is 14.1 Å². The first-order valence-corrected chi connectivity index (χ1v) is 10.7. The number of hydrogen-bond donors (Lipinski definition) is 0. The molecule has 0 spiro atoms. The Morgan fingerprint density at radius 2 is 2.10 bits per heavy atom. The van der Waals surface area contributed by atoms with E-state index in [-0.39, 0.29) is 5.91 Å². The summed E-state index contributed by atoms with van der Waals surface area (Å²) in [5.41, 5.74) is 1.81. The van der Waals surface area contributed by atoms with Crippen LogP contribution in [0.3, 0.4) is 0 Å². The number of benzene rings is 1. The average Bonchev–Trinajstić information content (AvgIpc) is 3.44. The van der Waals surface area contributed by atoms with Crippen molar-refractivity contribution in [2.45, 2.75) is 20.0 Å². The molecule has 1 amide bonds. The lowest BCUT2D eigenvalue weighted by molar-refractivity contribution is 0.0341. The quantitative estimate of drug-likeness (QED) is 0.593. The molecule has 0 aliphatic carbocycles. The number of nitrogens with zero attached hydrogens (tertiary/aromatic N) is 4. The second kappa shape index (κ2) is 9.30. The molecule has 7 nitrogen and oxygen atoms in total. The Labute approximate surface area is 173 Å². The van der Waals surface area contributed by atoms with Crippen molar-refractivity contribution in [3.8, 4) is 10.7 Å². The molecule has 0 radical (unpaired) electrons. The Morgan fingerprint density at radius 3 is 2.86 bits per heavy atom. The zero-order chi connectivity index (χ0) is 20.1. The Bertz CT molecular complexity index is 935. The highest BCUT2D eigenvalue weighted by molar-refractivity contribution is 7.13. The van der Waals surface area contributed by atoms with Gasteiger partial charge in [0.2, 0.25) is 11.7 Å². The minimum Gasteiger partial charge on any atom is -0.379 e. The fraction of sp³-hybridized carbons (Fsp3) is 0.381. The van der Waals surface area contributed by atoms with Crippen molar-refractivity contribution in [1.82, 2.24) is 19.9 Å². The van der Waals surface area contributed by atoms with Crippen LogP contribution >= 0.6 is 11.3 Å². The van der Waals surface area contributed by atoms with Crippen LogP contribution in [0.1, 0.15) is 28.7 Å². The van der Waals surface area contributed by atoms with Gasteiger partial charge in [-0.05, 0) is 36.1 Å². The van der Waals surface area contributed by atoms with Crippen molar-refractivity contribution in [2.24, 2.45) is 0 Å². The molecule has 8 heteroatoms. The first-order valence-electron chi connectivity index (χ1n) is 9.77. The Hall–Kier alpha value is -2.55. The summed E-state index contributed by atoms with van der Waals surface area (Å²) in [6, 6.07) is 11.7. The number of morpholine rings is 1. The highest BCUT2D eigenvalue weighted by Gasteiger charge is 2.19. The van der Waals surface area contributed by atoms with Crippen LogP contribution in [0.2, 0.25) is 0 Å². The Morgan fingerprint density at radius 1 is 1.24 bits per heavy atom. The third-order valence-corrected chi connectivity index (χ3v) is 5.75. The number of aromatic nitrogens is 2. The summed E-state index contributed by atoms with van der Waals surface area (Å²) in [6.07, 6.45) is 0. The van der Waals surface area contributed by atoms with Crippen molar-refractivity contribution in [3.05, 3.63) is 58.8 Å². The van der Waals surface area contributed by atoms with Gasteiger partial charge in [-0.25, -0.2) is 0 Å². The molecule has 4 rings (SSSR count). The van der Waals surface area contributed by atoms with E-state index in [4.69, 9.17) is 9.26 Å². The molecule has 0 N–H and O–H groups in total. The van der Waals surface area contributed by atoms with Crippen LogP contribution in [-0.4, -0.2) is 58.7 Å². The number of ether oxygens (including phenoxy) is 1. The Kier molecular flexibility index (Phi) is 6.33. The van der Waals surface area contributed by atoms with Gasteiger partial charge in [-0.1, -0.05) is 23.4 Å². The largest absolute Gasteiger partial charge is 0.379 e. The van der Waals surface area contributed by atoms with Crippen LogP contribution in [0.15, 0.2) is 46.3 Å². The zero-order valence-electron chi connectivity index (χ0n) is 16.4. The summed E-state index contributed by atoms with van der Waals surface area (Å²) in [5.74, 6) is 0.964. The maximum Gasteiger partial charge on any atom is 0.254 e. The van der Waals surface area contributed by atoms with E-state index in [9.17, 15) is 4.79 Å². The fourth-order valence-electron chi connectivity index (χ4n) is 3.32. The van der Waals surface area contributed by atoms with E-state index in [2.05, 4.69) is 21.1 Å². The second-order valence-corrected chi connectivity index (χ2v) is 7.84. The monoisotopic (exact) mass is 412 g/mol. The lowest BCUT2D eigenvalue weighted by Gasteiger charge is -2.26. The van der Waals surface area contributed by atoms with Gasteiger partial charge in [0.05, 0.1) is 18.1 Å². The fourth-order valence-corrected chi connectivity index (χ4v) is 3.97. The third-order valence-electron chi connectivity index (χ3n) is 4.89. The average molecular weight is 413 g/mol. The van der Waals surface area contributed by atoms with Gasteiger partial charge < -0.3 is 14.2 Å². The normalized spacial score (nSPS) is 14.8. The van der Waals surface area contributed by atoms with Gasteiger partial charge in [-0.3, -0.25) is 9.69 Å². The lowest BCUT2D eigenvalue weighted by Crippen LogP contribution is -2.35. The highest BCUT2D eigenvalue weighted by Crippen LogP contribution is 2.22. The maximum atomic E-state index is 13.1. The number of hydrogen-bond acceptors (Lipinski definition) is 7. The number of carbonyl (C=O) groups excluding carboxylic acids is 1. The van der Waals surface area contributed by atoms with Crippen LogP contribution in [0.25, 0.3) is 10.7 Å². The SMILES string of the molecule is CCN(Cc1nc(-c2cccs2)no1)C(=O)c1cccc(CN2CCOCC2)c1. The smallest absolute Gasteiger partial charge is 0.254 e. The molecule has 2 aromatic heterocycles. The minimum absolute atomic E-state index is 0.0350. The number of carbonyl (C=O) groups is 1. The van der Waals surface area contributed by atoms with E-state index >= 15 is 0 Å². The van der Waals surface area contributed by atoms with E-state index in [1.54, 1.807) is 16.2 Å². The van der Waals surface area contributed by atoms with Gasteiger partial charge in [0, 0.05) is 31.7 Å². The van der Waals surface area contributed by atoms with Gasteiger partial charge >= 0.3 is 0 Å². The lowest BCUT2D eigenvalue weighted by atomic mass is 10.1. The molecule has 0 bridgehead atoms.